The van der Waals surface area contributed by atoms with Crippen molar-refractivity contribution in [1.29, 1.82) is 0 Å². The van der Waals surface area contributed by atoms with Gasteiger partial charge >= 0.3 is 0 Å². The van der Waals surface area contributed by atoms with Crippen LogP contribution in [0.4, 0.5) is 4.79 Å². The first kappa shape index (κ1) is 10.7. The summed E-state index contributed by atoms with van der Waals surface area (Å²) in [5.41, 5.74) is 1.90. The molecular formula is C6H10BNO4. The summed E-state index contributed by atoms with van der Waals surface area (Å²) >= 11 is 0. The first-order valence-corrected chi connectivity index (χ1v) is 3.48. The highest BCUT2D eigenvalue weighted by molar-refractivity contribution is 6.55. The molecule has 5 nitrogen and oxygen atoms in total. The molecule has 1 N–H and O–H groups in total. The molecule has 0 aromatic carbocycles. The third-order valence-corrected chi connectivity index (χ3v) is 1.01. The maximum absolute atomic E-state index is 10.7. The van der Waals surface area contributed by atoms with E-state index in [2.05, 4.69) is 4.84 Å². The van der Waals surface area contributed by atoms with Crippen LogP contribution in [-0.2, 0) is 14.4 Å². The number of hydrogen-bond acceptors (Lipinski definition) is 4. The molecule has 0 atom stereocenters. The second-order valence-electron chi connectivity index (χ2n) is 2.32. The number of carbonyl (C=O) groups is 3. The normalized spacial score (nSPS) is 8.75. The summed E-state index contributed by atoms with van der Waals surface area (Å²) in [4.78, 5) is 35.5. The highest BCUT2D eigenvalue weighted by Crippen LogP contribution is 1.89. The topological polar surface area (TPSA) is 72.5 Å². The number of rotatable bonds is 3. The third kappa shape index (κ3) is 6.79. The predicted molar refractivity (Wildman–Crippen MR) is 43.1 cm³/mol. The number of nitrogens with one attached hydrogen (secondary N) is 1. The fraction of sp³-hybridized carbons (Fsp3) is 0.500. The molecule has 12 heavy (non-hydrogen) atoms. The molecule has 6 heteroatoms. The Kier molecular flexibility index (Phi) is 4.75. The van der Waals surface area contributed by atoms with Crippen LogP contribution in [0.1, 0.15) is 19.8 Å². The minimum Gasteiger partial charge on any atom is -0.354 e. The van der Waals surface area contributed by atoms with Gasteiger partial charge in [0.2, 0.25) is 7.85 Å². The molecular weight excluding hydrogens is 161 g/mol. The molecule has 0 saturated carbocycles. The van der Waals surface area contributed by atoms with Crippen LogP contribution >= 0.6 is 0 Å². The number of Topliss-reactive ketones (excluding diaryl/α,β-unsaturated/α-hetero) is 1. The first-order valence-electron chi connectivity index (χ1n) is 3.48. The number of hydroxylamine groups is 1. The van der Waals surface area contributed by atoms with Gasteiger partial charge in [0.05, 0.1) is 0 Å². The Hall–Kier alpha value is -1.33. The van der Waals surface area contributed by atoms with Crippen LogP contribution in [0.5, 0.6) is 0 Å². The molecule has 1 amide bonds. The number of hydrogen-bond donors (Lipinski definition) is 1. The van der Waals surface area contributed by atoms with Crippen molar-refractivity contribution in [2.24, 2.45) is 0 Å². The molecule has 0 aliphatic carbocycles. The highest BCUT2D eigenvalue weighted by atomic mass is 16.7. The standard InChI is InChI=1S/C6H10BNO4/c1-4(9)2-3-5(10)8-12-6(7)11/h2-3,7H2,1H3,(H,8,10). The summed E-state index contributed by atoms with van der Waals surface area (Å²) in [6, 6.07) is 0. The Bertz CT molecular complexity index is 184. The van der Waals surface area contributed by atoms with Gasteiger partial charge in [-0.05, 0) is 6.92 Å². The average Bonchev–Trinajstić information content (AvgIpc) is 1.96. The Morgan fingerprint density at radius 3 is 2.33 bits per heavy atom. The highest BCUT2D eigenvalue weighted by Gasteiger charge is 2.03. The van der Waals surface area contributed by atoms with Gasteiger partial charge < -0.3 is 9.63 Å². The molecule has 0 aromatic rings. The van der Waals surface area contributed by atoms with Crippen LogP contribution in [-0.4, -0.2) is 25.4 Å². The molecule has 0 aliphatic heterocycles. The molecule has 0 unspecified atom stereocenters. The molecule has 0 heterocycles. The largest absolute Gasteiger partial charge is 0.354 e. The van der Waals surface area contributed by atoms with E-state index in [9.17, 15) is 14.4 Å². The van der Waals surface area contributed by atoms with E-state index >= 15 is 0 Å². The number of carbonyl (C=O) groups excluding carboxylic acids is 3. The van der Waals surface area contributed by atoms with Crippen LogP contribution in [0.2, 0.25) is 0 Å². The smallest absolute Gasteiger partial charge is 0.272 e. The van der Waals surface area contributed by atoms with E-state index in [4.69, 9.17) is 0 Å². The molecule has 0 aromatic heterocycles. The lowest BCUT2D eigenvalue weighted by molar-refractivity contribution is -0.130. The van der Waals surface area contributed by atoms with E-state index in [1.165, 1.54) is 14.8 Å². The second-order valence-corrected chi connectivity index (χ2v) is 2.32. The van der Waals surface area contributed by atoms with Gasteiger partial charge in [-0.1, -0.05) is 0 Å². The van der Waals surface area contributed by atoms with Crippen LogP contribution in [0.15, 0.2) is 0 Å². The molecule has 0 radical (unpaired) electrons. The molecule has 66 valence electrons. The second kappa shape index (κ2) is 5.34. The molecule has 0 spiro atoms. The summed E-state index contributed by atoms with van der Waals surface area (Å²) in [6.45, 7) is 1.39. The van der Waals surface area contributed by atoms with Gasteiger partial charge in [0.1, 0.15) is 5.78 Å². The monoisotopic (exact) mass is 171 g/mol. The van der Waals surface area contributed by atoms with Crippen molar-refractivity contribution >= 4 is 25.4 Å². The summed E-state index contributed by atoms with van der Waals surface area (Å²) in [5.74, 6) is -1.14. The minimum atomic E-state index is -0.592. The minimum absolute atomic E-state index is 0.0443. The van der Waals surface area contributed by atoms with Gasteiger partial charge in [0, 0.05) is 12.8 Å². The molecule has 0 rings (SSSR count). The van der Waals surface area contributed by atoms with Gasteiger partial charge in [-0.25, -0.2) is 0 Å². The van der Waals surface area contributed by atoms with E-state index in [1.807, 2.05) is 5.48 Å². The van der Waals surface area contributed by atoms with Crippen LogP contribution in [0.25, 0.3) is 0 Å². The lowest BCUT2D eigenvalue weighted by atomic mass is 10.2. The predicted octanol–water partition coefficient (Wildman–Crippen LogP) is -0.844. The van der Waals surface area contributed by atoms with E-state index in [1.54, 1.807) is 0 Å². The quantitative estimate of drug-likeness (QED) is 0.443. The molecule has 0 saturated heterocycles. The third-order valence-electron chi connectivity index (χ3n) is 1.01. The maximum Gasteiger partial charge on any atom is 0.272 e. The van der Waals surface area contributed by atoms with Gasteiger partial charge in [-0.15, -0.1) is 0 Å². The summed E-state index contributed by atoms with van der Waals surface area (Å²) in [6.07, 6.45) is 0.204. The summed E-state index contributed by atoms with van der Waals surface area (Å²) in [7, 11) is 1.17. The van der Waals surface area contributed by atoms with Crippen molar-refractivity contribution in [3.63, 3.8) is 0 Å². The molecule has 0 aliphatic rings. The van der Waals surface area contributed by atoms with Crippen molar-refractivity contribution in [2.75, 3.05) is 0 Å². The molecule has 0 fully saturated rings. The van der Waals surface area contributed by atoms with Crippen molar-refractivity contribution in [3.05, 3.63) is 0 Å². The Morgan fingerprint density at radius 1 is 1.33 bits per heavy atom. The van der Waals surface area contributed by atoms with Crippen LogP contribution in [0.3, 0.4) is 0 Å². The van der Waals surface area contributed by atoms with Gasteiger partial charge in [-0.3, -0.25) is 9.59 Å². The number of ketones is 1. The van der Waals surface area contributed by atoms with Crippen LogP contribution in [0, 0.1) is 0 Å². The summed E-state index contributed by atoms with van der Waals surface area (Å²) < 4.78 is 0. The van der Waals surface area contributed by atoms with Crippen molar-refractivity contribution in [3.8, 4) is 0 Å². The SMILES string of the molecule is BC(=O)ONC(=O)CCC(C)=O. The van der Waals surface area contributed by atoms with Crippen molar-refractivity contribution in [1.82, 2.24) is 5.48 Å². The Balaban J connectivity index is 3.47. The number of amides is 1. The lowest BCUT2D eigenvalue weighted by Gasteiger charge is -2.01. The zero-order chi connectivity index (χ0) is 9.56. The fourth-order valence-electron chi connectivity index (χ4n) is 0.469. The van der Waals surface area contributed by atoms with Gasteiger partial charge in [0.25, 0.3) is 11.8 Å². The van der Waals surface area contributed by atoms with E-state index < -0.39 is 11.8 Å². The lowest BCUT2D eigenvalue weighted by Crippen LogP contribution is -2.26. The Labute approximate surface area is 70.8 Å². The summed E-state index contributed by atoms with van der Waals surface area (Å²) in [5, 5.41) is 0. The maximum atomic E-state index is 10.7. The van der Waals surface area contributed by atoms with Crippen molar-refractivity contribution in [2.45, 2.75) is 19.8 Å². The molecule has 0 bridgehead atoms. The van der Waals surface area contributed by atoms with E-state index in [0.717, 1.165) is 0 Å². The van der Waals surface area contributed by atoms with Gasteiger partial charge in [0.15, 0.2) is 0 Å². The van der Waals surface area contributed by atoms with Crippen LogP contribution < -0.4 is 5.48 Å². The zero-order valence-corrected chi connectivity index (χ0v) is 7.05. The average molecular weight is 171 g/mol. The Morgan fingerprint density at radius 2 is 1.92 bits per heavy atom. The zero-order valence-electron chi connectivity index (χ0n) is 7.05. The van der Waals surface area contributed by atoms with E-state index in [-0.39, 0.29) is 18.6 Å². The van der Waals surface area contributed by atoms with E-state index in [0.29, 0.717) is 0 Å². The first-order chi connectivity index (χ1) is 5.52. The van der Waals surface area contributed by atoms with Gasteiger partial charge in [-0.2, -0.15) is 5.48 Å². The fourth-order valence-corrected chi connectivity index (χ4v) is 0.469. The van der Waals surface area contributed by atoms with Crippen molar-refractivity contribution < 1.29 is 19.2 Å².